The van der Waals surface area contributed by atoms with Crippen LogP contribution in [-0.2, 0) is 4.79 Å². The summed E-state index contributed by atoms with van der Waals surface area (Å²) in [6, 6.07) is 7.78. The number of carbonyl (C=O) groups excluding carboxylic acids is 1. The number of ether oxygens (including phenoxy) is 1. The van der Waals surface area contributed by atoms with Crippen LogP contribution < -0.4 is 15.8 Å². The summed E-state index contributed by atoms with van der Waals surface area (Å²) >= 11 is 3.43. The van der Waals surface area contributed by atoms with Gasteiger partial charge in [0.2, 0.25) is 5.91 Å². The third-order valence-electron chi connectivity index (χ3n) is 4.06. The highest BCUT2D eigenvalue weighted by Gasteiger charge is 2.23. The lowest BCUT2D eigenvalue weighted by molar-refractivity contribution is -0.119. The van der Waals surface area contributed by atoms with Gasteiger partial charge in [-0.25, -0.2) is 4.99 Å². The predicted molar refractivity (Wildman–Crippen MR) is 119 cm³/mol. The third-order valence-corrected chi connectivity index (χ3v) is 4.55. The molecular weight excluding hydrogens is 511 g/mol. The van der Waals surface area contributed by atoms with Crippen LogP contribution in [0.1, 0.15) is 26.2 Å². The van der Waals surface area contributed by atoms with Crippen LogP contribution in [0.5, 0.6) is 5.75 Å². The van der Waals surface area contributed by atoms with Gasteiger partial charge in [-0.3, -0.25) is 4.79 Å². The summed E-state index contributed by atoms with van der Waals surface area (Å²) in [4.78, 5) is 18.1. The molecule has 0 spiro atoms. The van der Waals surface area contributed by atoms with Gasteiger partial charge >= 0.3 is 0 Å². The number of guanidine groups is 1. The van der Waals surface area contributed by atoms with E-state index in [9.17, 15) is 4.79 Å². The molecule has 1 atom stereocenters. The Hall–Kier alpha value is -1.03. The molecule has 1 aromatic carbocycles. The van der Waals surface area contributed by atoms with Gasteiger partial charge in [0.1, 0.15) is 12.4 Å². The Labute approximate surface area is 181 Å². The van der Waals surface area contributed by atoms with E-state index in [-0.39, 0.29) is 29.9 Å². The number of hydrogen-bond donors (Lipinski definition) is 2. The molecular formula is C18H28BrIN4O2. The molecule has 0 aromatic heterocycles. The first-order chi connectivity index (χ1) is 12.1. The van der Waals surface area contributed by atoms with Crippen LogP contribution in [0.15, 0.2) is 33.7 Å². The van der Waals surface area contributed by atoms with E-state index >= 15 is 0 Å². The van der Waals surface area contributed by atoms with Crippen LogP contribution in [0.25, 0.3) is 0 Å². The van der Waals surface area contributed by atoms with Gasteiger partial charge in [-0.05, 0) is 43.9 Å². The Morgan fingerprint density at radius 1 is 1.50 bits per heavy atom. The van der Waals surface area contributed by atoms with E-state index in [4.69, 9.17) is 10.5 Å². The zero-order valence-electron chi connectivity index (χ0n) is 15.1. The van der Waals surface area contributed by atoms with Gasteiger partial charge in [-0.15, -0.1) is 24.0 Å². The van der Waals surface area contributed by atoms with E-state index in [0.717, 1.165) is 48.7 Å². The lowest BCUT2D eigenvalue weighted by Crippen LogP contribution is -2.47. The molecule has 146 valence electrons. The molecule has 2 rings (SSSR count). The Kier molecular flexibility index (Phi) is 11.0. The number of benzene rings is 1. The van der Waals surface area contributed by atoms with Gasteiger partial charge in [0.05, 0.1) is 6.54 Å². The molecule has 0 aliphatic carbocycles. The average molecular weight is 539 g/mol. The maximum atomic E-state index is 11.2. The van der Waals surface area contributed by atoms with Gasteiger partial charge in [0.15, 0.2) is 5.96 Å². The van der Waals surface area contributed by atoms with Crippen LogP contribution in [-0.4, -0.2) is 49.6 Å². The van der Waals surface area contributed by atoms with Gasteiger partial charge < -0.3 is 20.7 Å². The third kappa shape index (κ3) is 8.11. The number of likely N-dealkylation sites (tertiary alicyclic amines) is 1. The number of aliphatic imine (C=N–C) groups is 1. The van der Waals surface area contributed by atoms with Crippen LogP contribution in [0.3, 0.4) is 0 Å². The van der Waals surface area contributed by atoms with E-state index in [1.807, 2.05) is 24.3 Å². The van der Waals surface area contributed by atoms with Crippen molar-refractivity contribution in [3.05, 3.63) is 28.7 Å². The molecule has 0 radical (unpaired) electrons. The van der Waals surface area contributed by atoms with E-state index in [0.29, 0.717) is 25.5 Å². The first-order valence-corrected chi connectivity index (χ1v) is 9.57. The zero-order chi connectivity index (χ0) is 18.1. The normalized spacial score (nSPS) is 17.4. The van der Waals surface area contributed by atoms with Gasteiger partial charge in [-0.2, -0.15) is 0 Å². The second-order valence-electron chi connectivity index (χ2n) is 6.17. The summed E-state index contributed by atoms with van der Waals surface area (Å²) in [6.45, 7) is 5.73. The summed E-state index contributed by atoms with van der Waals surface area (Å²) in [5.41, 5.74) is 5.34. The Morgan fingerprint density at radius 2 is 2.31 bits per heavy atom. The van der Waals surface area contributed by atoms with Crippen molar-refractivity contribution < 1.29 is 9.53 Å². The molecule has 3 N–H and O–H groups in total. The molecule has 26 heavy (non-hydrogen) atoms. The number of nitrogens with two attached hydrogens (primary N) is 1. The number of nitrogens with zero attached hydrogens (tertiary/aromatic N) is 2. The zero-order valence-corrected chi connectivity index (χ0v) is 19.0. The van der Waals surface area contributed by atoms with Crippen LogP contribution >= 0.6 is 39.9 Å². The number of piperidine rings is 1. The highest BCUT2D eigenvalue weighted by molar-refractivity contribution is 14.0. The number of carbonyl (C=O) groups is 1. The second-order valence-corrected chi connectivity index (χ2v) is 7.08. The number of rotatable bonds is 7. The lowest BCUT2D eigenvalue weighted by Gasteiger charge is -2.34. The predicted octanol–water partition coefficient (Wildman–Crippen LogP) is 3.00. The maximum Gasteiger partial charge on any atom is 0.217 e. The molecule has 1 aliphatic heterocycles. The minimum Gasteiger partial charge on any atom is -0.492 e. The standard InChI is InChI=1S/C18H27BrN4O2.HI/c1-2-21-18(23-9-4-5-14(13-23)11-17(20)24)22-8-10-25-16-7-3-6-15(19)12-16;/h3,6-7,12,14H,2,4-5,8-11,13H2,1H3,(H2,20,24)(H,21,22);1H. The Balaban J connectivity index is 0.00000338. The Morgan fingerprint density at radius 3 is 3.00 bits per heavy atom. The van der Waals surface area contributed by atoms with Crippen molar-refractivity contribution in [3.63, 3.8) is 0 Å². The topological polar surface area (TPSA) is 80.0 Å². The Bertz CT molecular complexity index is 600. The van der Waals surface area contributed by atoms with E-state index < -0.39 is 0 Å². The molecule has 1 amide bonds. The fourth-order valence-corrected chi connectivity index (χ4v) is 3.38. The summed E-state index contributed by atoms with van der Waals surface area (Å²) in [5, 5.41) is 3.33. The SMILES string of the molecule is CCNC(=NCCOc1cccc(Br)c1)N1CCCC(CC(N)=O)C1.I. The van der Waals surface area contributed by atoms with Crippen molar-refractivity contribution in [3.8, 4) is 5.75 Å². The molecule has 1 unspecified atom stereocenters. The summed E-state index contributed by atoms with van der Waals surface area (Å²) in [7, 11) is 0. The van der Waals surface area contributed by atoms with Crippen molar-refractivity contribution in [1.82, 2.24) is 10.2 Å². The number of hydrogen-bond acceptors (Lipinski definition) is 3. The van der Waals surface area contributed by atoms with E-state index in [2.05, 4.69) is 38.1 Å². The summed E-state index contributed by atoms with van der Waals surface area (Å²) in [6.07, 6.45) is 2.55. The molecule has 1 saturated heterocycles. The fraction of sp³-hybridized carbons (Fsp3) is 0.556. The monoisotopic (exact) mass is 538 g/mol. The van der Waals surface area contributed by atoms with Crippen LogP contribution in [0.2, 0.25) is 0 Å². The molecule has 6 nitrogen and oxygen atoms in total. The summed E-state index contributed by atoms with van der Waals surface area (Å²) < 4.78 is 6.73. The first kappa shape index (κ1) is 23.0. The largest absolute Gasteiger partial charge is 0.492 e. The number of halogens is 2. The molecule has 0 saturated carbocycles. The van der Waals surface area contributed by atoms with Gasteiger partial charge in [-0.1, -0.05) is 22.0 Å². The number of primary amides is 1. The molecule has 1 aliphatic rings. The lowest BCUT2D eigenvalue weighted by atomic mass is 9.95. The molecule has 8 heteroatoms. The van der Waals surface area contributed by atoms with Crippen molar-refractivity contribution in [2.75, 3.05) is 32.8 Å². The minimum absolute atomic E-state index is 0. The average Bonchev–Trinajstić information content (AvgIpc) is 2.57. The molecule has 0 bridgehead atoms. The highest BCUT2D eigenvalue weighted by Crippen LogP contribution is 2.20. The molecule has 1 fully saturated rings. The van der Waals surface area contributed by atoms with E-state index in [1.54, 1.807) is 0 Å². The van der Waals surface area contributed by atoms with Crippen molar-refractivity contribution in [2.45, 2.75) is 26.2 Å². The number of nitrogens with one attached hydrogen (secondary N) is 1. The number of amides is 1. The van der Waals surface area contributed by atoms with Crippen LogP contribution in [0, 0.1) is 5.92 Å². The van der Waals surface area contributed by atoms with Gasteiger partial charge in [0, 0.05) is 30.5 Å². The summed E-state index contributed by atoms with van der Waals surface area (Å²) in [5.74, 6) is 1.80. The van der Waals surface area contributed by atoms with E-state index in [1.165, 1.54) is 0 Å². The first-order valence-electron chi connectivity index (χ1n) is 8.78. The minimum atomic E-state index is -0.226. The van der Waals surface area contributed by atoms with Crippen molar-refractivity contribution in [1.29, 1.82) is 0 Å². The molecule has 1 heterocycles. The quantitative estimate of drug-likeness (QED) is 0.242. The van der Waals surface area contributed by atoms with Crippen molar-refractivity contribution >= 4 is 51.8 Å². The highest BCUT2D eigenvalue weighted by atomic mass is 127. The van der Waals surface area contributed by atoms with Crippen LogP contribution in [0.4, 0.5) is 0 Å². The fourth-order valence-electron chi connectivity index (χ4n) is 3.01. The smallest absolute Gasteiger partial charge is 0.217 e. The molecule has 1 aromatic rings. The van der Waals surface area contributed by atoms with Gasteiger partial charge in [0.25, 0.3) is 0 Å². The maximum absolute atomic E-state index is 11.2. The second kappa shape index (κ2) is 12.4. The van der Waals surface area contributed by atoms with Crippen molar-refractivity contribution in [2.24, 2.45) is 16.6 Å².